The molecule has 3 rings (SSSR count). The van der Waals surface area contributed by atoms with Crippen molar-refractivity contribution in [2.75, 3.05) is 0 Å². The number of carbonyl (C=O) groups is 1. The van der Waals surface area contributed by atoms with Crippen molar-refractivity contribution in [1.29, 1.82) is 0 Å². The highest BCUT2D eigenvalue weighted by atomic mass is 32.2. The Morgan fingerprint density at radius 2 is 1.79 bits per heavy atom. The molecule has 2 aromatic carbocycles. The smallest absolute Gasteiger partial charge is 0.323 e. The molecule has 1 unspecified atom stereocenters. The molecule has 0 N–H and O–H groups in total. The van der Waals surface area contributed by atoms with E-state index in [1.165, 1.54) is 12.1 Å². The van der Waals surface area contributed by atoms with E-state index in [0.717, 1.165) is 0 Å². The Morgan fingerprint density at radius 1 is 1.12 bits per heavy atom. The average Bonchev–Trinajstić information content (AvgIpc) is 2.55. The number of carbonyl (C=O) groups excluding carboxylic acids is 1. The molecule has 122 valence electrons. The minimum absolute atomic E-state index is 0.151. The highest BCUT2D eigenvalue weighted by Crippen LogP contribution is 2.35. The lowest BCUT2D eigenvalue weighted by Gasteiger charge is -2.22. The van der Waals surface area contributed by atoms with Gasteiger partial charge in [0.1, 0.15) is 12.2 Å². The third kappa shape index (κ3) is 2.75. The van der Waals surface area contributed by atoms with Gasteiger partial charge in [0.05, 0.1) is 5.56 Å². The number of para-hydroxylation sites is 1. The van der Waals surface area contributed by atoms with Crippen LogP contribution in [0.5, 0.6) is 5.75 Å². The fraction of sp³-hybridized carbons (Fsp3) is 0.176. The van der Waals surface area contributed by atoms with Crippen molar-refractivity contribution in [2.45, 2.75) is 18.6 Å². The zero-order valence-electron chi connectivity index (χ0n) is 12.8. The zero-order valence-corrected chi connectivity index (χ0v) is 13.7. The van der Waals surface area contributed by atoms with E-state index in [2.05, 4.69) is 4.79 Å². The Bertz CT molecular complexity index is 976. The fourth-order valence-corrected chi connectivity index (χ4v) is 4.20. The van der Waals surface area contributed by atoms with Crippen LogP contribution < -0.4 is 4.18 Å². The number of fused-ring (bicyclic) bond motifs is 1. The van der Waals surface area contributed by atoms with E-state index in [9.17, 15) is 13.2 Å². The lowest BCUT2D eigenvalue weighted by molar-refractivity contribution is -0.118. The van der Waals surface area contributed by atoms with Gasteiger partial charge in [0, 0.05) is 0 Å². The summed E-state index contributed by atoms with van der Waals surface area (Å²) in [5.74, 6) is -0.403. The number of Topliss-reactive ketones (excluding diaryl/α,β-unsaturated/α-hetero) is 1. The molecule has 0 radical (unpaired) electrons. The second-order valence-electron chi connectivity index (χ2n) is 5.50. The first kappa shape index (κ1) is 16.1. The highest BCUT2D eigenvalue weighted by molar-refractivity contribution is 7.88. The molecule has 0 aromatic heterocycles. The standard InChI is InChI=1S/C17H14N2O4S/c1-11-6-2-5-9-16(11)23-24(21,22)17-13-8-4-3-7-12(13)14(19-18)10-15(17)20/h2-9,17H,10H2,1H3. The van der Waals surface area contributed by atoms with Crippen molar-refractivity contribution in [1.82, 2.24) is 0 Å². The Hall–Kier alpha value is -2.76. The van der Waals surface area contributed by atoms with Crippen LogP contribution in [-0.2, 0) is 14.9 Å². The largest absolute Gasteiger partial charge is 0.381 e. The van der Waals surface area contributed by atoms with Crippen LogP contribution in [0.1, 0.15) is 28.4 Å². The molecule has 2 aromatic rings. The van der Waals surface area contributed by atoms with Crippen LogP contribution >= 0.6 is 0 Å². The minimum Gasteiger partial charge on any atom is -0.381 e. The van der Waals surface area contributed by atoms with Crippen molar-refractivity contribution in [2.24, 2.45) is 0 Å². The molecule has 6 nitrogen and oxygen atoms in total. The molecular weight excluding hydrogens is 328 g/mol. The average molecular weight is 342 g/mol. The van der Waals surface area contributed by atoms with Crippen molar-refractivity contribution in [3.8, 4) is 5.75 Å². The maximum absolute atomic E-state index is 12.7. The Morgan fingerprint density at radius 3 is 2.50 bits per heavy atom. The van der Waals surface area contributed by atoms with Crippen LogP contribution in [0.3, 0.4) is 0 Å². The zero-order chi connectivity index (χ0) is 17.3. The van der Waals surface area contributed by atoms with Crippen LogP contribution in [0, 0.1) is 6.92 Å². The Balaban J connectivity index is 2.09. The van der Waals surface area contributed by atoms with Crippen LogP contribution in [0.4, 0.5) is 0 Å². The molecule has 0 saturated carbocycles. The fourth-order valence-electron chi connectivity index (χ4n) is 2.74. The number of benzene rings is 2. The molecule has 0 heterocycles. The van der Waals surface area contributed by atoms with Crippen molar-refractivity contribution in [3.63, 3.8) is 0 Å². The third-order valence-corrected chi connectivity index (χ3v) is 5.40. The summed E-state index contributed by atoms with van der Waals surface area (Å²) in [5, 5.41) is -1.45. The number of nitrogens with zero attached hydrogens (tertiary/aromatic N) is 2. The Labute approximate surface area is 139 Å². The van der Waals surface area contributed by atoms with Crippen LogP contribution in [0.15, 0.2) is 48.5 Å². The van der Waals surface area contributed by atoms with Gasteiger partial charge in [-0.2, -0.15) is 13.2 Å². The van der Waals surface area contributed by atoms with Gasteiger partial charge in [-0.3, -0.25) is 4.79 Å². The molecule has 7 heteroatoms. The van der Waals surface area contributed by atoms with Crippen LogP contribution in [-0.4, -0.2) is 24.7 Å². The molecule has 0 amide bonds. The number of ketones is 1. The van der Waals surface area contributed by atoms with Gasteiger partial charge in [-0.15, -0.1) is 0 Å². The second kappa shape index (κ2) is 6.03. The topological polar surface area (TPSA) is 96.8 Å². The first-order chi connectivity index (χ1) is 11.4. The van der Waals surface area contributed by atoms with E-state index < -0.39 is 21.2 Å². The molecule has 0 aliphatic heterocycles. The lowest BCUT2D eigenvalue weighted by Crippen LogP contribution is -2.33. The lowest BCUT2D eigenvalue weighted by atomic mass is 9.89. The van der Waals surface area contributed by atoms with Crippen molar-refractivity contribution < 1.29 is 22.2 Å². The van der Waals surface area contributed by atoms with Gasteiger partial charge in [0.25, 0.3) is 0 Å². The van der Waals surface area contributed by atoms with E-state index in [-0.39, 0.29) is 23.4 Å². The number of aryl methyl sites for hydroxylation is 1. The van der Waals surface area contributed by atoms with Gasteiger partial charge in [-0.25, -0.2) is 0 Å². The summed E-state index contributed by atoms with van der Waals surface area (Å²) in [6.45, 7) is 1.72. The van der Waals surface area contributed by atoms with E-state index in [1.807, 2.05) is 0 Å². The first-order valence-electron chi connectivity index (χ1n) is 7.26. The molecule has 1 aliphatic carbocycles. The van der Waals surface area contributed by atoms with E-state index in [4.69, 9.17) is 9.71 Å². The van der Waals surface area contributed by atoms with Crippen LogP contribution in [0.25, 0.3) is 5.53 Å². The highest BCUT2D eigenvalue weighted by Gasteiger charge is 2.44. The molecule has 1 atom stereocenters. The van der Waals surface area contributed by atoms with Crippen LogP contribution in [0.2, 0.25) is 0 Å². The van der Waals surface area contributed by atoms with Crippen molar-refractivity contribution >= 4 is 21.6 Å². The quantitative estimate of drug-likeness (QED) is 0.486. The van der Waals surface area contributed by atoms with Gasteiger partial charge in [0.15, 0.2) is 11.0 Å². The Kier molecular flexibility index (Phi) is 4.05. The summed E-state index contributed by atoms with van der Waals surface area (Å²) in [4.78, 5) is 15.5. The van der Waals surface area contributed by atoms with Crippen molar-refractivity contribution in [3.05, 3.63) is 70.8 Å². The summed E-state index contributed by atoms with van der Waals surface area (Å²) < 4.78 is 30.7. The predicted molar refractivity (Wildman–Crippen MR) is 87.3 cm³/mol. The summed E-state index contributed by atoms with van der Waals surface area (Å²) in [5.41, 5.74) is 10.6. The second-order valence-corrected chi connectivity index (χ2v) is 7.12. The van der Waals surface area contributed by atoms with Gasteiger partial charge in [-0.05, 0) is 30.2 Å². The molecular formula is C17H14N2O4S. The number of hydrogen-bond donors (Lipinski definition) is 0. The first-order valence-corrected chi connectivity index (χ1v) is 8.73. The van der Waals surface area contributed by atoms with Gasteiger partial charge < -0.3 is 9.71 Å². The number of hydrogen-bond acceptors (Lipinski definition) is 4. The predicted octanol–water partition coefficient (Wildman–Crippen LogP) is 2.44. The summed E-state index contributed by atoms with van der Waals surface area (Å²) in [6, 6.07) is 13.1. The minimum atomic E-state index is -4.24. The summed E-state index contributed by atoms with van der Waals surface area (Å²) in [6.07, 6.45) is -0.269. The molecule has 24 heavy (non-hydrogen) atoms. The maximum atomic E-state index is 12.7. The SMILES string of the molecule is Cc1ccccc1OS(=O)(=O)C1C(=O)CC(=[N+]=[N-])c2ccccc21. The van der Waals surface area contributed by atoms with E-state index in [1.54, 1.807) is 43.3 Å². The molecule has 1 aliphatic rings. The molecule has 0 fully saturated rings. The molecule has 0 saturated heterocycles. The van der Waals surface area contributed by atoms with E-state index >= 15 is 0 Å². The number of rotatable bonds is 3. The van der Waals surface area contributed by atoms with E-state index in [0.29, 0.717) is 11.1 Å². The normalized spacial score (nSPS) is 17.1. The summed E-state index contributed by atoms with van der Waals surface area (Å²) >= 11 is 0. The molecule has 0 bridgehead atoms. The van der Waals surface area contributed by atoms with Gasteiger partial charge in [0.2, 0.25) is 0 Å². The molecule has 0 spiro atoms. The van der Waals surface area contributed by atoms with Gasteiger partial charge in [-0.1, -0.05) is 36.4 Å². The monoisotopic (exact) mass is 342 g/mol. The third-order valence-electron chi connectivity index (χ3n) is 3.90. The summed E-state index contributed by atoms with van der Waals surface area (Å²) in [7, 11) is -4.24. The maximum Gasteiger partial charge on any atom is 0.323 e. The van der Waals surface area contributed by atoms with Gasteiger partial charge >= 0.3 is 15.8 Å².